The Bertz CT molecular complexity index is 913. The van der Waals surface area contributed by atoms with E-state index in [0.29, 0.717) is 11.4 Å². The minimum Gasteiger partial charge on any atom is -0.399 e. The van der Waals surface area contributed by atoms with Crippen molar-refractivity contribution in [2.75, 3.05) is 0 Å². The topological polar surface area (TPSA) is 18.5 Å². The molecule has 2 aromatic rings. The van der Waals surface area contributed by atoms with Crippen LogP contribution in [0, 0.1) is 11.7 Å². The van der Waals surface area contributed by atoms with Gasteiger partial charge in [-0.3, -0.25) is 0 Å². The van der Waals surface area contributed by atoms with Crippen LogP contribution >= 0.6 is 0 Å². The zero-order chi connectivity index (χ0) is 23.6. The van der Waals surface area contributed by atoms with Gasteiger partial charge in [0.05, 0.1) is 11.2 Å². The third-order valence-electron chi connectivity index (χ3n) is 8.29. The second kappa shape index (κ2) is 9.92. The van der Waals surface area contributed by atoms with E-state index in [-0.39, 0.29) is 5.82 Å². The maximum atomic E-state index is 15.0. The summed E-state index contributed by atoms with van der Waals surface area (Å²) < 4.78 is 27.1. The number of rotatable bonds is 7. The fourth-order valence-corrected chi connectivity index (χ4v) is 5.28. The molecular weight excluding hydrogens is 410 g/mol. The zero-order valence-corrected chi connectivity index (χ0v) is 21.1. The van der Waals surface area contributed by atoms with E-state index in [1.807, 2.05) is 33.8 Å². The Morgan fingerprint density at radius 3 is 2.03 bits per heavy atom. The third-order valence-corrected chi connectivity index (χ3v) is 8.29. The van der Waals surface area contributed by atoms with Crippen LogP contribution in [0.15, 0.2) is 42.5 Å². The van der Waals surface area contributed by atoms with Crippen molar-refractivity contribution < 1.29 is 13.7 Å². The molecule has 0 unspecified atom stereocenters. The Morgan fingerprint density at radius 1 is 0.848 bits per heavy atom. The maximum absolute atomic E-state index is 15.0. The van der Waals surface area contributed by atoms with Crippen molar-refractivity contribution in [1.82, 2.24) is 0 Å². The quantitative estimate of drug-likeness (QED) is 0.319. The molecule has 0 bridgehead atoms. The zero-order valence-electron chi connectivity index (χ0n) is 21.1. The van der Waals surface area contributed by atoms with E-state index < -0.39 is 18.3 Å². The summed E-state index contributed by atoms with van der Waals surface area (Å²) in [7, 11) is -0.677. The summed E-state index contributed by atoms with van der Waals surface area (Å²) in [6, 6.07) is 14.2. The van der Waals surface area contributed by atoms with Crippen molar-refractivity contribution in [2.24, 2.45) is 5.92 Å². The highest BCUT2D eigenvalue weighted by atomic mass is 19.1. The summed E-state index contributed by atoms with van der Waals surface area (Å²) in [5.74, 6) is 1.32. The first kappa shape index (κ1) is 24.5. The Balaban J connectivity index is 1.39. The molecule has 1 aliphatic heterocycles. The lowest BCUT2D eigenvalue weighted by atomic mass is 9.76. The molecule has 0 spiro atoms. The van der Waals surface area contributed by atoms with Crippen molar-refractivity contribution in [1.29, 1.82) is 0 Å². The van der Waals surface area contributed by atoms with Gasteiger partial charge in [-0.2, -0.15) is 0 Å². The number of hydrogen-bond donors (Lipinski definition) is 0. The molecule has 0 atom stereocenters. The monoisotopic (exact) mass is 450 g/mol. The van der Waals surface area contributed by atoms with Gasteiger partial charge in [-0.05, 0) is 88.0 Å². The van der Waals surface area contributed by atoms with Gasteiger partial charge in [0.1, 0.15) is 5.82 Å². The number of hydrogen-bond acceptors (Lipinski definition) is 2. The standard InChI is InChI=1S/C29H40BFO2/c1-6-7-8-9-21-10-12-22(13-11-21)23-14-16-24(17-15-23)25-18-19-26(27(31)20-25)30-32-28(2,3)29(4,5)33-30/h14-22H,6-13H2,1-5H3. The number of benzene rings is 2. The van der Waals surface area contributed by atoms with Gasteiger partial charge in [-0.25, -0.2) is 4.39 Å². The van der Waals surface area contributed by atoms with E-state index in [1.165, 1.54) is 56.9 Å². The summed E-state index contributed by atoms with van der Waals surface area (Å²) in [6.07, 6.45) is 10.8. The van der Waals surface area contributed by atoms with Crippen LogP contribution in [-0.4, -0.2) is 18.3 Å². The van der Waals surface area contributed by atoms with Gasteiger partial charge in [0, 0.05) is 5.46 Å². The lowest BCUT2D eigenvalue weighted by Crippen LogP contribution is -2.41. The first-order valence-electron chi connectivity index (χ1n) is 13.0. The van der Waals surface area contributed by atoms with Crippen molar-refractivity contribution >= 4 is 12.6 Å². The van der Waals surface area contributed by atoms with Crippen LogP contribution in [0.4, 0.5) is 4.39 Å². The highest BCUT2D eigenvalue weighted by Gasteiger charge is 2.52. The van der Waals surface area contributed by atoms with E-state index in [1.54, 1.807) is 12.1 Å². The highest BCUT2D eigenvalue weighted by molar-refractivity contribution is 6.62. The minimum atomic E-state index is -0.677. The summed E-state index contributed by atoms with van der Waals surface area (Å²) in [4.78, 5) is 0. The minimum absolute atomic E-state index is 0.281. The van der Waals surface area contributed by atoms with Crippen LogP contribution in [0.1, 0.15) is 97.5 Å². The molecule has 2 aromatic carbocycles. The highest BCUT2D eigenvalue weighted by Crippen LogP contribution is 2.39. The van der Waals surface area contributed by atoms with Gasteiger partial charge in [0.15, 0.2) is 0 Å². The molecule has 1 heterocycles. The molecule has 2 fully saturated rings. The van der Waals surface area contributed by atoms with Crippen LogP contribution in [0.3, 0.4) is 0 Å². The summed E-state index contributed by atoms with van der Waals surface area (Å²) in [6.45, 7) is 10.2. The van der Waals surface area contributed by atoms with E-state index in [0.717, 1.165) is 17.0 Å². The summed E-state index contributed by atoms with van der Waals surface area (Å²) in [5, 5.41) is 0. The Hall–Kier alpha value is -1.65. The largest absolute Gasteiger partial charge is 0.497 e. The number of unbranched alkanes of at least 4 members (excludes halogenated alkanes) is 2. The third kappa shape index (κ3) is 5.38. The van der Waals surface area contributed by atoms with Crippen LogP contribution in [-0.2, 0) is 9.31 Å². The Labute approximate surface area is 200 Å². The second-order valence-electron chi connectivity index (χ2n) is 11.2. The molecule has 2 nitrogen and oxygen atoms in total. The van der Waals surface area contributed by atoms with Crippen molar-refractivity contribution in [3.8, 4) is 11.1 Å². The molecule has 1 aliphatic carbocycles. The van der Waals surface area contributed by atoms with Gasteiger partial charge in [0.25, 0.3) is 0 Å². The van der Waals surface area contributed by atoms with E-state index in [2.05, 4.69) is 31.2 Å². The average molecular weight is 450 g/mol. The predicted molar refractivity (Wildman–Crippen MR) is 136 cm³/mol. The van der Waals surface area contributed by atoms with Crippen LogP contribution in [0.5, 0.6) is 0 Å². The fourth-order valence-electron chi connectivity index (χ4n) is 5.28. The molecule has 1 saturated carbocycles. The lowest BCUT2D eigenvalue weighted by molar-refractivity contribution is 0.00578. The molecule has 0 aromatic heterocycles. The first-order valence-corrected chi connectivity index (χ1v) is 13.0. The van der Waals surface area contributed by atoms with Crippen LogP contribution < -0.4 is 5.46 Å². The molecule has 1 saturated heterocycles. The van der Waals surface area contributed by atoms with E-state index in [4.69, 9.17) is 9.31 Å². The van der Waals surface area contributed by atoms with Gasteiger partial charge in [0.2, 0.25) is 0 Å². The second-order valence-corrected chi connectivity index (χ2v) is 11.2. The van der Waals surface area contributed by atoms with Crippen LogP contribution in [0.2, 0.25) is 0 Å². The van der Waals surface area contributed by atoms with E-state index >= 15 is 4.39 Å². The lowest BCUT2D eigenvalue weighted by Gasteiger charge is -2.32. The Morgan fingerprint density at radius 2 is 1.45 bits per heavy atom. The molecule has 0 amide bonds. The van der Waals surface area contributed by atoms with Crippen LogP contribution in [0.25, 0.3) is 11.1 Å². The summed E-state index contributed by atoms with van der Waals surface area (Å²) in [5.41, 5.74) is 2.87. The Kier molecular flexibility index (Phi) is 7.36. The van der Waals surface area contributed by atoms with Gasteiger partial charge >= 0.3 is 7.12 Å². The maximum Gasteiger partial charge on any atom is 0.497 e. The molecule has 4 rings (SSSR count). The molecule has 0 N–H and O–H groups in total. The average Bonchev–Trinajstić information content (AvgIpc) is 3.01. The normalized spacial score (nSPS) is 24.2. The van der Waals surface area contributed by atoms with E-state index in [9.17, 15) is 0 Å². The predicted octanol–water partition coefficient (Wildman–Crippen LogP) is 7.65. The van der Waals surface area contributed by atoms with Crippen molar-refractivity contribution in [2.45, 2.75) is 103 Å². The number of halogens is 1. The van der Waals surface area contributed by atoms with Gasteiger partial charge in [-0.1, -0.05) is 69.0 Å². The summed E-state index contributed by atoms with van der Waals surface area (Å²) >= 11 is 0. The molecule has 0 radical (unpaired) electrons. The molecule has 33 heavy (non-hydrogen) atoms. The van der Waals surface area contributed by atoms with Gasteiger partial charge in [-0.15, -0.1) is 0 Å². The molecular formula is C29H40BFO2. The fraction of sp³-hybridized carbons (Fsp3) is 0.586. The molecule has 178 valence electrons. The SMILES string of the molecule is CCCCCC1CCC(c2ccc(-c3ccc(B4OC(C)(C)C(C)(C)O4)c(F)c3)cc2)CC1. The first-order chi connectivity index (χ1) is 15.7. The molecule has 4 heteroatoms. The molecule has 2 aliphatic rings. The van der Waals surface area contributed by atoms with Crippen molar-refractivity contribution in [3.05, 3.63) is 53.8 Å². The van der Waals surface area contributed by atoms with Crippen molar-refractivity contribution in [3.63, 3.8) is 0 Å². The smallest absolute Gasteiger partial charge is 0.399 e. The van der Waals surface area contributed by atoms with Gasteiger partial charge < -0.3 is 9.31 Å².